The van der Waals surface area contributed by atoms with Gasteiger partial charge < -0.3 is 5.32 Å². The molecule has 0 spiro atoms. The summed E-state index contributed by atoms with van der Waals surface area (Å²) >= 11 is 1.43. The Kier molecular flexibility index (Phi) is 7.47. The molecule has 0 atom stereocenters. The van der Waals surface area contributed by atoms with Crippen molar-refractivity contribution in [2.24, 2.45) is 0 Å². The molecule has 0 bridgehead atoms. The maximum atomic E-state index is 12.2. The van der Waals surface area contributed by atoms with Crippen molar-refractivity contribution in [2.45, 2.75) is 45.2 Å². The highest BCUT2D eigenvalue weighted by molar-refractivity contribution is 7.99. The van der Waals surface area contributed by atoms with Gasteiger partial charge in [0.1, 0.15) is 5.82 Å². The van der Waals surface area contributed by atoms with Gasteiger partial charge in [0, 0.05) is 13.0 Å². The van der Waals surface area contributed by atoms with Gasteiger partial charge in [-0.05, 0) is 37.5 Å². The second-order valence-corrected chi connectivity index (χ2v) is 8.12. The van der Waals surface area contributed by atoms with Crippen molar-refractivity contribution in [3.05, 3.63) is 71.0 Å². The van der Waals surface area contributed by atoms with Crippen molar-refractivity contribution in [1.82, 2.24) is 20.1 Å². The number of nitrogens with zero attached hydrogens (tertiary/aromatic N) is 3. The second-order valence-electron chi connectivity index (χ2n) is 7.18. The van der Waals surface area contributed by atoms with Crippen LogP contribution < -0.4 is 5.32 Å². The van der Waals surface area contributed by atoms with Crippen LogP contribution in [0.15, 0.2) is 53.7 Å². The lowest BCUT2D eigenvalue weighted by molar-refractivity contribution is -0.118. The quantitative estimate of drug-likeness (QED) is 0.419. The van der Waals surface area contributed by atoms with Crippen LogP contribution in [-0.4, -0.2) is 33.0 Å². The monoisotopic (exact) mass is 408 g/mol. The summed E-state index contributed by atoms with van der Waals surface area (Å²) in [5, 5.41) is 12.6. The molecule has 3 aromatic rings. The third-order valence-electron chi connectivity index (χ3n) is 4.68. The van der Waals surface area contributed by atoms with Crippen molar-refractivity contribution in [1.29, 1.82) is 0 Å². The van der Waals surface area contributed by atoms with Gasteiger partial charge in [-0.15, -0.1) is 10.2 Å². The molecule has 1 amide bonds. The Morgan fingerprint density at radius 1 is 1.10 bits per heavy atom. The molecule has 1 N–H and O–H groups in total. The number of unbranched alkanes of at least 4 members (excludes halogenated alkanes) is 1. The average Bonchev–Trinajstić information content (AvgIpc) is 3.09. The molecule has 0 saturated carbocycles. The fraction of sp³-hybridized carbons (Fsp3) is 0.348. The van der Waals surface area contributed by atoms with Crippen LogP contribution in [0.5, 0.6) is 0 Å². The standard InChI is InChI=1S/C23H28N4OS/c1-4-5-13-24-22(28)16-29-23-26-25-21(15-19-9-7-6-8-10-19)27(23)20-12-11-17(2)14-18(20)3/h6-12,14H,4-5,13,15-16H2,1-3H3,(H,24,28). The summed E-state index contributed by atoms with van der Waals surface area (Å²) < 4.78 is 2.09. The summed E-state index contributed by atoms with van der Waals surface area (Å²) in [4.78, 5) is 12.2. The van der Waals surface area contributed by atoms with Crippen LogP contribution in [0.2, 0.25) is 0 Å². The minimum Gasteiger partial charge on any atom is -0.355 e. The molecule has 5 nitrogen and oxygen atoms in total. The van der Waals surface area contributed by atoms with Gasteiger partial charge in [0.05, 0.1) is 11.4 Å². The molecule has 3 rings (SSSR count). The Bertz CT molecular complexity index is 953. The van der Waals surface area contributed by atoms with Crippen LogP contribution in [0.3, 0.4) is 0 Å². The molecule has 0 aliphatic carbocycles. The van der Waals surface area contributed by atoms with E-state index in [0.717, 1.165) is 41.6 Å². The number of carbonyl (C=O) groups excluding carboxylic acids is 1. The van der Waals surface area contributed by atoms with E-state index in [1.54, 1.807) is 0 Å². The predicted octanol–water partition coefficient (Wildman–Crippen LogP) is 4.48. The van der Waals surface area contributed by atoms with Crippen molar-refractivity contribution >= 4 is 17.7 Å². The Labute approximate surface area is 176 Å². The zero-order valence-corrected chi connectivity index (χ0v) is 18.1. The van der Waals surface area contributed by atoms with E-state index in [4.69, 9.17) is 0 Å². The summed E-state index contributed by atoms with van der Waals surface area (Å²) in [6, 6.07) is 16.6. The number of nitrogens with one attached hydrogen (secondary N) is 1. The summed E-state index contributed by atoms with van der Waals surface area (Å²) in [5.41, 5.74) is 4.61. The molecule has 0 fully saturated rings. The van der Waals surface area contributed by atoms with Gasteiger partial charge in [0.25, 0.3) is 0 Å². The Morgan fingerprint density at radius 2 is 1.90 bits per heavy atom. The Morgan fingerprint density at radius 3 is 2.62 bits per heavy atom. The van der Waals surface area contributed by atoms with E-state index in [9.17, 15) is 4.79 Å². The normalized spacial score (nSPS) is 10.9. The van der Waals surface area contributed by atoms with Gasteiger partial charge in [0.2, 0.25) is 5.91 Å². The highest BCUT2D eigenvalue weighted by atomic mass is 32.2. The first-order valence-corrected chi connectivity index (χ1v) is 11.0. The summed E-state index contributed by atoms with van der Waals surface area (Å²) in [6.07, 6.45) is 2.75. The van der Waals surface area contributed by atoms with Crippen LogP contribution >= 0.6 is 11.8 Å². The molecule has 1 heterocycles. The second kappa shape index (κ2) is 10.3. The molecule has 1 aromatic heterocycles. The number of rotatable bonds is 9. The fourth-order valence-electron chi connectivity index (χ4n) is 3.17. The van der Waals surface area contributed by atoms with Gasteiger partial charge in [-0.25, -0.2) is 0 Å². The highest BCUT2D eigenvalue weighted by Gasteiger charge is 2.17. The largest absolute Gasteiger partial charge is 0.355 e. The van der Waals surface area contributed by atoms with E-state index in [1.807, 2.05) is 18.2 Å². The zero-order valence-electron chi connectivity index (χ0n) is 17.3. The lowest BCUT2D eigenvalue weighted by Gasteiger charge is -2.13. The number of carbonyl (C=O) groups is 1. The van der Waals surface area contributed by atoms with Gasteiger partial charge >= 0.3 is 0 Å². The van der Waals surface area contributed by atoms with Crippen LogP contribution in [0.25, 0.3) is 5.69 Å². The SMILES string of the molecule is CCCCNC(=O)CSc1nnc(Cc2ccccc2)n1-c1ccc(C)cc1C. The van der Waals surface area contributed by atoms with Crippen LogP contribution in [0, 0.1) is 13.8 Å². The zero-order chi connectivity index (χ0) is 20.6. The minimum atomic E-state index is 0.0308. The lowest BCUT2D eigenvalue weighted by atomic mass is 10.1. The highest BCUT2D eigenvalue weighted by Crippen LogP contribution is 2.26. The first-order valence-electron chi connectivity index (χ1n) is 10.0. The molecule has 29 heavy (non-hydrogen) atoms. The predicted molar refractivity (Wildman–Crippen MR) is 119 cm³/mol. The van der Waals surface area contributed by atoms with Crippen molar-refractivity contribution in [2.75, 3.05) is 12.3 Å². The van der Waals surface area contributed by atoms with Gasteiger partial charge in [-0.1, -0.05) is 73.1 Å². The molecular formula is C23H28N4OS. The molecule has 0 radical (unpaired) electrons. The molecule has 0 unspecified atom stereocenters. The molecular weight excluding hydrogens is 380 g/mol. The number of aryl methyl sites for hydroxylation is 2. The number of hydrogen-bond donors (Lipinski definition) is 1. The summed E-state index contributed by atoms with van der Waals surface area (Å²) in [5.74, 6) is 1.23. The minimum absolute atomic E-state index is 0.0308. The van der Waals surface area contributed by atoms with E-state index in [0.29, 0.717) is 12.2 Å². The number of aromatic nitrogens is 3. The maximum Gasteiger partial charge on any atom is 0.230 e. The maximum absolute atomic E-state index is 12.2. The van der Waals surface area contributed by atoms with E-state index in [2.05, 4.69) is 71.2 Å². The topological polar surface area (TPSA) is 59.8 Å². The lowest BCUT2D eigenvalue weighted by Crippen LogP contribution is -2.26. The van der Waals surface area contributed by atoms with E-state index < -0.39 is 0 Å². The molecule has 0 aliphatic rings. The molecule has 2 aromatic carbocycles. The van der Waals surface area contributed by atoms with Crippen molar-refractivity contribution in [3.8, 4) is 5.69 Å². The van der Waals surface area contributed by atoms with Crippen LogP contribution in [0.4, 0.5) is 0 Å². The Hall–Kier alpha value is -2.60. The number of amides is 1. The summed E-state index contributed by atoms with van der Waals surface area (Å²) in [6.45, 7) is 7.02. The fourth-order valence-corrected chi connectivity index (χ4v) is 3.96. The molecule has 0 saturated heterocycles. The van der Waals surface area contributed by atoms with Crippen LogP contribution in [-0.2, 0) is 11.2 Å². The third-order valence-corrected chi connectivity index (χ3v) is 5.61. The smallest absolute Gasteiger partial charge is 0.230 e. The van der Waals surface area contributed by atoms with Gasteiger partial charge in [0.15, 0.2) is 5.16 Å². The number of thioether (sulfide) groups is 1. The van der Waals surface area contributed by atoms with Gasteiger partial charge in [-0.2, -0.15) is 0 Å². The molecule has 0 aliphatic heterocycles. The first-order chi connectivity index (χ1) is 14.1. The summed E-state index contributed by atoms with van der Waals surface area (Å²) in [7, 11) is 0. The molecule has 152 valence electrons. The van der Waals surface area contributed by atoms with E-state index in [1.165, 1.54) is 22.9 Å². The van der Waals surface area contributed by atoms with E-state index >= 15 is 0 Å². The van der Waals surface area contributed by atoms with Crippen molar-refractivity contribution < 1.29 is 4.79 Å². The Balaban J connectivity index is 1.87. The average molecular weight is 409 g/mol. The number of hydrogen-bond acceptors (Lipinski definition) is 4. The van der Waals surface area contributed by atoms with E-state index in [-0.39, 0.29) is 5.91 Å². The van der Waals surface area contributed by atoms with Crippen LogP contribution in [0.1, 0.15) is 42.3 Å². The first kappa shape index (κ1) is 21.1. The number of benzene rings is 2. The molecule has 6 heteroatoms. The van der Waals surface area contributed by atoms with Gasteiger partial charge in [-0.3, -0.25) is 9.36 Å². The third kappa shape index (κ3) is 5.70. The van der Waals surface area contributed by atoms with Crippen molar-refractivity contribution in [3.63, 3.8) is 0 Å².